The molecular formula is C13H16O2. The van der Waals surface area contributed by atoms with Gasteiger partial charge in [0.25, 0.3) is 0 Å². The summed E-state index contributed by atoms with van der Waals surface area (Å²) in [5.74, 6) is 1.41. The monoisotopic (exact) mass is 204 g/mol. The third-order valence-electron chi connectivity index (χ3n) is 2.93. The summed E-state index contributed by atoms with van der Waals surface area (Å²) in [6.45, 7) is 2.61. The van der Waals surface area contributed by atoms with E-state index < -0.39 is 0 Å². The third-order valence-corrected chi connectivity index (χ3v) is 2.93. The standard InChI is InChI=1S/C13H16O2/c1-2-15-12-8-6-11(7-9-12)13(14)10-4-3-5-10/h6-10H,2-5H2,1H3. The molecular weight excluding hydrogens is 188 g/mol. The van der Waals surface area contributed by atoms with Crippen LogP contribution in [0.2, 0.25) is 0 Å². The fourth-order valence-corrected chi connectivity index (χ4v) is 1.79. The number of ether oxygens (including phenoxy) is 1. The molecule has 1 aromatic rings. The highest BCUT2D eigenvalue weighted by molar-refractivity contribution is 5.98. The largest absolute Gasteiger partial charge is 0.494 e. The van der Waals surface area contributed by atoms with E-state index in [2.05, 4.69) is 0 Å². The van der Waals surface area contributed by atoms with Gasteiger partial charge in [-0.25, -0.2) is 0 Å². The Kier molecular flexibility index (Phi) is 3.05. The quantitative estimate of drug-likeness (QED) is 0.704. The Morgan fingerprint density at radius 2 is 2.00 bits per heavy atom. The van der Waals surface area contributed by atoms with E-state index in [-0.39, 0.29) is 5.92 Å². The van der Waals surface area contributed by atoms with Gasteiger partial charge in [0, 0.05) is 11.5 Å². The van der Waals surface area contributed by atoms with Gasteiger partial charge in [-0.05, 0) is 44.0 Å². The molecule has 80 valence electrons. The van der Waals surface area contributed by atoms with Crippen molar-refractivity contribution >= 4 is 5.78 Å². The lowest BCUT2D eigenvalue weighted by atomic mass is 9.80. The van der Waals surface area contributed by atoms with E-state index in [1.54, 1.807) is 0 Å². The number of hydrogen-bond donors (Lipinski definition) is 0. The van der Waals surface area contributed by atoms with Crippen molar-refractivity contribution in [3.63, 3.8) is 0 Å². The summed E-state index contributed by atoms with van der Waals surface area (Å²) in [5, 5.41) is 0. The maximum atomic E-state index is 11.9. The van der Waals surface area contributed by atoms with Crippen LogP contribution in [0.5, 0.6) is 5.75 Å². The van der Waals surface area contributed by atoms with Crippen LogP contribution in [0.1, 0.15) is 36.5 Å². The van der Waals surface area contributed by atoms with Gasteiger partial charge in [0.2, 0.25) is 0 Å². The summed E-state index contributed by atoms with van der Waals surface area (Å²) >= 11 is 0. The van der Waals surface area contributed by atoms with E-state index in [9.17, 15) is 4.79 Å². The lowest BCUT2D eigenvalue weighted by Gasteiger charge is -2.23. The maximum Gasteiger partial charge on any atom is 0.165 e. The van der Waals surface area contributed by atoms with Crippen molar-refractivity contribution in [3.8, 4) is 5.75 Å². The van der Waals surface area contributed by atoms with Gasteiger partial charge >= 0.3 is 0 Å². The number of Topliss-reactive ketones (excluding diaryl/α,β-unsaturated/α-hetero) is 1. The van der Waals surface area contributed by atoms with Crippen LogP contribution in [0.15, 0.2) is 24.3 Å². The summed E-state index contributed by atoms with van der Waals surface area (Å²) < 4.78 is 5.33. The fourth-order valence-electron chi connectivity index (χ4n) is 1.79. The Hall–Kier alpha value is -1.31. The molecule has 1 aliphatic rings. The Morgan fingerprint density at radius 3 is 2.47 bits per heavy atom. The number of benzene rings is 1. The molecule has 0 bridgehead atoms. The van der Waals surface area contributed by atoms with Gasteiger partial charge in [-0.3, -0.25) is 4.79 Å². The molecule has 1 aliphatic carbocycles. The average molecular weight is 204 g/mol. The van der Waals surface area contributed by atoms with Crippen LogP contribution in [0.3, 0.4) is 0 Å². The number of carbonyl (C=O) groups excluding carboxylic acids is 1. The van der Waals surface area contributed by atoms with Crippen molar-refractivity contribution in [2.45, 2.75) is 26.2 Å². The molecule has 0 aromatic heterocycles. The second-order valence-electron chi connectivity index (χ2n) is 3.95. The van der Waals surface area contributed by atoms with Gasteiger partial charge in [0.05, 0.1) is 6.61 Å². The van der Waals surface area contributed by atoms with Crippen molar-refractivity contribution in [1.82, 2.24) is 0 Å². The van der Waals surface area contributed by atoms with Crippen LogP contribution in [-0.4, -0.2) is 12.4 Å². The number of hydrogen-bond acceptors (Lipinski definition) is 2. The van der Waals surface area contributed by atoms with Crippen molar-refractivity contribution in [1.29, 1.82) is 0 Å². The highest BCUT2D eigenvalue weighted by Gasteiger charge is 2.25. The first-order valence-electron chi connectivity index (χ1n) is 5.58. The molecule has 0 N–H and O–H groups in total. The minimum atomic E-state index is 0.281. The number of rotatable bonds is 4. The third kappa shape index (κ3) is 2.20. The summed E-state index contributed by atoms with van der Waals surface area (Å²) in [4.78, 5) is 11.9. The predicted octanol–water partition coefficient (Wildman–Crippen LogP) is 3.07. The van der Waals surface area contributed by atoms with Crippen LogP contribution in [0.25, 0.3) is 0 Å². The molecule has 0 heterocycles. The van der Waals surface area contributed by atoms with Crippen molar-refractivity contribution in [2.24, 2.45) is 5.92 Å². The van der Waals surface area contributed by atoms with Crippen LogP contribution >= 0.6 is 0 Å². The number of carbonyl (C=O) groups is 1. The molecule has 2 rings (SSSR count). The van der Waals surface area contributed by atoms with E-state index in [0.29, 0.717) is 12.4 Å². The van der Waals surface area contributed by atoms with Gasteiger partial charge < -0.3 is 4.74 Å². The Bertz CT molecular complexity index is 336. The highest BCUT2D eigenvalue weighted by atomic mass is 16.5. The van der Waals surface area contributed by atoms with Gasteiger partial charge in [0.15, 0.2) is 5.78 Å². The first-order chi connectivity index (χ1) is 7.31. The van der Waals surface area contributed by atoms with Crippen LogP contribution in [0.4, 0.5) is 0 Å². The first kappa shape index (κ1) is 10.2. The fraction of sp³-hybridized carbons (Fsp3) is 0.462. The molecule has 0 aliphatic heterocycles. The SMILES string of the molecule is CCOc1ccc(C(=O)C2CCC2)cc1. The Morgan fingerprint density at radius 1 is 1.33 bits per heavy atom. The molecule has 1 fully saturated rings. The molecule has 15 heavy (non-hydrogen) atoms. The molecule has 1 aromatic carbocycles. The summed E-state index contributed by atoms with van der Waals surface area (Å²) in [5.41, 5.74) is 0.822. The van der Waals surface area contributed by atoms with Gasteiger partial charge in [-0.1, -0.05) is 6.42 Å². The molecule has 2 heteroatoms. The highest BCUT2D eigenvalue weighted by Crippen LogP contribution is 2.30. The van der Waals surface area contributed by atoms with Crippen LogP contribution < -0.4 is 4.74 Å². The lowest BCUT2D eigenvalue weighted by molar-refractivity contribution is 0.0855. The van der Waals surface area contributed by atoms with Crippen molar-refractivity contribution < 1.29 is 9.53 Å². The smallest absolute Gasteiger partial charge is 0.165 e. The Labute approximate surface area is 90.3 Å². The first-order valence-corrected chi connectivity index (χ1v) is 5.58. The minimum Gasteiger partial charge on any atom is -0.494 e. The lowest BCUT2D eigenvalue weighted by Crippen LogP contribution is -2.21. The minimum absolute atomic E-state index is 0.281. The average Bonchev–Trinajstić information content (AvgIpc) is 2.16. The second kappa shape index (κ2) is 4.47. The second-order valence-corrected chi connectivity index (χ2v) is 3.95. The molecule has 0 atom stereocenters. The summed E-state index contributed by atoms with van der Waals surface area (Å²) in [6, 6.07) is 7.47. The molecule has 0 spiro atoms. The molecule has 0 unspecified atom stereocenters. The zero-order valence-corrected chi connectivity index (χ0v) is 9.03. The molecule has 0 saturated heterocycles. The van der Waals surface area contributed by atoms with Gasteiger partial charge in [-0.2, -0.15) is 0 Å². The molecule has 1 saturated carbocycles. The van der Waals surface area contributed by atoms with Crippen molar-refractivity contribution in [2.75, 3.05) is 6.61 Å². The molecule has 0 radical (unpaired) electrons. The molecule has 0 amide bonds. The van der Waals surface area contributed by atoms with E-state index in [1.807, 2.05) is 31.2 Å². The van der Waals surface area contributed by atoms with E-state index in [1.165, 1.54) is 6.42 Å². The van der Waals surface area contributed by atoms with E-state index in [4.69, 9.17) is 4.74 Å². The van der Waals surface area contributed by atoms with Crippen LogP contribution in [-0.2, 0) is 0 Å². The predicted molar refractivity (Wildman–Crippen MR) is 59.3 cm³/mol. The van der Waals surface area contributed by atoms with Gasteiger partial charge in [0.1, 0.15) is 5.75 Å². The van der Waals surface area contributed by atoms with E-state index >= 15 is 0 Å². The maximum absolute atomic E-state index is 11.9. The zero-order valence-electron chi connectivity index (χ0n) is 9.03. The Balaban J connectivity index is 2.05. The number of ketones is 1. The van der Waals surface area contributed by atoms with Crippen LogP contribution in [0, 0.1) is 5.92 Å². The zero-order chi connectivity index (χ0) is 10.7. The van der Waals surface area contributed by atoms with E-state index in [0.717, 1.165) is 24.2 Å². The van der Waals surface area contributed by atoms with Crippen molar-refractivity contribution in [3.05, 3.63) is 29.8 Å². The van der Waals surface area contributed by atoms with Gasteiger partial charge in [-0.15, -0.1) is 0 Å². The summed E-state index contributed by atoms with van der Waals surface area (Å²) in [6.07, 6.45) is 3.32. The summed E-state index contributed by atoms with van der Waals surface area (Å²) in [7, 11) is 0. The normalized spacial score (nSPS) is 15.8. The topological polar surface area (TPSA) is 26.3 Å². The molecule has 2 nitrogen and oxygen atoms in total.